The maximum absolute atomic E-state index is 12.6. The Hall–Kier alpha value is -1.84. The van der Waals surface area contributed by atoms with Crippen LogP contribution in [0.2, 0.25) is 0 Å². The third kappa shape index (κ3) is 5.88. The molecular formula is C18H27NO3. The molecule has 0 fully saturated rings. The highest BCUT2D eigenvalue weighted by molar-refractivity contribution is 5.82. The van der Waals surface area contributed by atoms with Gasteiger partial charge in [0.2, 0.25) is 5.91 Å². The molecule has 0 aliphatic rings. The van der Waals surface area contributed by atoms with E-state index in [9.17, 15) is 9.59 Å². The molecule has 0 aliphatic heterocycles. The van der Waals surface area contributed by atoms with Crippen molar-refractivity contribution in [3.63, 3.8) is 0 Å². The molecule has 0 atom stereocenters. The van der Waals surface area contributed by atoms with E-state index in [-0.39, 0.29) is 18.3 Å². The second-order valence-corrected chi connectivity index (χ2v) is 6.52. The third-order valence-electron chi connectivity index (χ3n) is 3.31. The Morgan fingerprint density at radius 1 is 1.14 bits per heavy atom. The summed E-state index contributed by atoms with van der Waals surface area (Å²) in [7, 11) is 0. The van der Waals surface area contributed by atoms with Crippen molar-refractivity contribution in [1.82, 2.24) is 4.90 Å². The lowest BCUT2D eigenvalue weighted by Crippen LogP contribution is -2.40. The van der Waals surface area contributed by atoms with E-state index in [0.29, 0.717) is 19.7 Å². The highest BCUT2D eigenvalue weighted by atomic mass is 16.5. The topological polar surface area (TPSA) is 46.6 Å². The molecule has 0 saturated heterocycles. The molecule has 4 nitrogen and oxygen atoms in total. The maximum atomic E-state index is 12.6. The van der Waals surface area contributed by atoms with Crippen LogP contribution in [0.3, 0.4) is 0 Å². The zero-order chi connectivity index (χ0) is 16.8. The van der Waals surface area contributed by atoms with Gasteiger partial charge in [-0.3, -0.25) is 9.59 Å². The summed E-state index contributed by atoms with van der Waals surface area (Å²) in [6, 6.07) is 8.09. The molecule has 0 aromatic heterocycles. The molecule has 0 radical (unpaired) electrons. The number of hydrogen-bond donors (Lipinski definition) is 0. The fraction of sp³-hybridized carbons (Fsp3) is 0.556. The summed E-state index contributed by atoms with van der Waals surface area (Å²) in [5.41, 5.74) is 1.77. The van der Waals surface area contributed by atoms with Crippen LogP contribution in [0.5, 0.6) is 0 Å². The molecule has 122 valence electrons. The van der Waals surface area contributed by atoms with Gasteiger partial charge < -0.3 is 9.64 Å². The van der Waals surface area contributed by atoms with Crippen LogP contribution in [-0.4, -0.2) is 29.9 Å². The fourth-order valence-corrected chi connectivity index (χ4v) is 2.10. The quantitative estimate of drug-likeness (QED) is 0.757. The minimum absolute atomic E-state index is 0.0392. The molecule has 0 heterocycles. The molecule has 1 rings (SSSR count). The average molecular weight is 305 g/mol. The maximum Gasteiger partial charge on any atom is 0.307 e. The first kappa shape index (κ1) is 18.2. The van der Waals surface area contributed by atoms with Crippen molar-refractivity contribution in [2.75, 3.05) is 13.2 Å². The zero-order valence-corrected chi connectivity index (χ0v) is 14.3. The molecule has 0 bridgehead atoms. The normalized spacial score (nSPS) is 11.1. The number of ether oxygens (including phenoxy) is 1. The molecule has 22 heavy (non-hydrogen) atoms. The summed E-state index contributed by atoms with van der Waals surface area (Å²) >= 11 is 0. The molecular weight excluding hydrogens is 278 g/mol. The Kier molecular flexibility index (Phi) is 6.60. The molecule has 4 heteroatoms. The Morgan fingerprint density at radius 2 is 1.73 bits per heavy atom. The number of nitrogens with zero attached hydrogens (tertiary/aromatic N) is 1. The van der Waals surface area contributed by atoms with Gasteiger partial charge in [-0.25, -0.2) is 0 Å². The Morgan fingerprint density at radius 3 is 2.23 bits per heavy atom. The van der Waals surface area contributed by atoms with Gasteiger partial charge in [-0.15, -0.1) is 0 Å². The molecule has 1 aromatic carbocycles. The summed E-state index contributed by atoms with van der Waals surface area (Å²) in [6.45, 7) is 10.7. The third-order valence-corrected chi connectivity index (χ3v) is 3.31. The van der Waals surface area contributed by atoms with Crippen molar-refractivity contribution in [1.29, 1.82) is 0 Å². The summed E-state index contributed by atoms with van der Waals surface area (Å²) in [5.74, 6) is -0.226. The van der Waals surface area contributed by atoms with Crippen LogP contribution in [0.25, 0.3) is 0 Å². The Bertz CT molecular complexity index is 500. The van der Waals surface area contributed by atoms with Crippen LogP contribution in [0.15, 0.2) is 24.3 Å². The smallest absolute Gasteiger partial charge is 0.307 e. The van der Waals surface area contributed by atoms with Crippen LogP contribution in [0, 0.1) is 12.3 Å². The number of esters is 1. The van der Waals surface area contributed by atoms with Gasteiger partial charge >= 0.3 is 5.97 Å². The molecule has 0 aliphatic carbocycles. The van der Waals surface area contributed by atoms with E-state index >= 15 is 0 Å². The predicted molar refractivity (Wildman–Crippen MR) is 87.3 cm³/mol. The van der Waals surface area contributed by atoms with E-state index < -0.39 is 5.41 Å². The second kappa shape index (κ2) is 7.97. The first-order valence-electron chi connectivity index (χ1n) is 7.74. The van der Waals surface area contributed by atoms with E-state index in [1.807, 2.05) is 52.0 Å². The zero-order valence-electron chi connectivity index (χ0n) is 14.3. The lowest BCUT2D eigenvalue weighted by molar-refractivity contribution is -0.145. The molecule has 0 N–H and O–H groups in total. The summed E-state index contributed by atoms with van der Waals surface area (Å²) in [5, 5.41) is 0. The van der Waals surface area contributed by atoms with Crippen molar-refractivity contribution in [3.05, 3.63) is 35.4 Å². The Balaban J connectivity index is 2.79. The standard InChI is InChI=1S/C18H27NO3/c1-6-22-16(20)11-12-19(17(21)18(3,4)5)13-15-9-7-14(2)8-10-15/h7-10H,6,11-13H2,1-5H3. The summed E-state index contributed by atoms with van der Waals surface area (Å²) < 4.78 is 4.95. The van der Waals surface area contributed by atoms with Gasteiger partial charge in [0.1, 0.15) is 0 Å². The molecule has 1 amide bonds. The lowest BCUT2D eigenvalue weighted by Gasteiger charge is -2.29. The number of aryl methyl sites for hydroxylation is 1. The Labute approximate surface area is 133 Å². The van der Waals surface area contributed by atoms with Gasteiger partial charge in [-0.1, -0.05) is 50.6 Å². The van der Waals surface area contributed by atoms with E-state index in [1.54, 1.807) is 11.8 Å². The summed E-state index contributed by atoms with van der Waals surface area (Å²) in [6.07, 6.45) is 0.224. The number of carbonyl (C=O) groups is 2. The average Bonchev–Trinajstić information content (AvgIpc) is 2.44. The second-order valence-electron chi connectivity index (χ2n) is 6.52. The van der Waals surface area contributed by atoms with Crippen LogP contribution < -0.4 is 0 Å². The summed E-state index contributed by atoms with van der Waals surface area (Å²) in [4.78, 5) is 25.9. The van der Waals surface area contributed by atoms with E-state index in [1.165, 1.54) is 5.56 Å². The van der Waals surface area contributed by atoms with Gasteiger partial charge in [-0.2, -0.15) is 0 Å². The van der Waals surface area contributed by atoms with Crippen molar-refractivity contribution in [2.45, 2.75) is 47.6 Å². The SMILES string of the molecule is CCOC(=O)CCN(Cc1ccc(C)cc1)C(=O)C(C)(C)C. The van der Waals surface area contributed by atoms with E-state index in [4.69, 9.17) is 4.74 Å². The number of benzene rings is 1. The number of amides is 1. The highest BCUT2D eigenvalue weighted by Crippen LogP contribution is 2.20. The van der Waals surface area contributed by atoms with E-state index in [0.717, 1.165) is 5.56 Å². The fourth-order valence-electron chi connectivity index (χ4n) is 2.10. The minimum Gasteiger partial charge on any atom is -0.466 e. The lowest BCUT2D eigenvalue weighted by atomic mass is 9.94. The van der Waals surface area contributed by atoms with Crippen LogP contribution >= 0.6 is 0 Å². The van der Waals surface area contributed by atoms with Crippen molar-refractivity contribution in [2.24, 2.45) is 5.41 Å². The van der Waals surface area contributed by atoms with Gasteiger partial charge in [0.25, 0.3) is 0 Å². The molecule has 0 spiro atoms. The van der Waals surface area contributed by atoms with Gasteiger partial charge in [0.05, 0.1) is 13.0 Å². The molecule has 0 unspecified atom stereocenters. The molecule has 1 aromatic rings. The first-order chi connectivity index (χ1) is 10.2. The first-order valence-corrected chi connectivity index (χ1v) is 7.74. The monoisotopic (exact) mass is 305 g/mol. The van der Waals surface area contributed by atoms with Gasteiger partial charge in [0.15, 0.2) is 0 Å². The predicted octanol–water partition coefficient (Wildman–Crippen LogP) is 3.32. The van der Waals surface area contributed by atoms with Crippen molar-refractivity contribution in [3.8, 4) is 0 Å². The van der Waals surface area contributed by atoms with Gasteiger partial charge in [-0.05, 0) is 19.4 Å². The minimum atomic E-state index is -0.473. The van der Waals surface area contributed by atoms with E-state index in [2.05, 4.69) is 0 Å². The number of hydrogen-bond acceptors (Lipinski definition) is 3. The number of carbonyl (C=O) groups excluding carboxylic acids is 2. The van der Waals surface area contributed by atoms with Crippen molar-refractivity contribution >= 4 is 11.9 Å². The molecule has 0 saturated carbocycles. The highest BCUT2D eigenvalue weighted by Gasteiger charge is 2.27. The van der Waals surface area contributed by atoms with Crippen molar-refractivity contribution < 1.29 is 14.3 Å². The van der Waals surface area contributed by atoms with Crippen LogP contribution in [0.4, 0.5) is 0 Å². The largest absolute Gasteiger partial charge is 0.466 e. The van der Waals surface area contributed by atoms with Crippen LogP contribution in [-0.2, 0) is 20.9 Å². The van der Waals surface area contributed by atoms with Crippen LogP contribution in [0.1, 0.15) is 45.2 Å². The van der Waals surface area contributed by atoms with Gasteiger partial charge in [0, 0.05) is 18.5 Å². The number of rotatable bonds is 6.